The number of ether oxygens (including phenoxy) is 2. The molecule has 1 aromatic rings. The van der Waals surface area contributed by atoms with Gasteiger partial charge >= 0.3 is 5.97 Å². The Morgan fingerprint density at radius 1 is 1.22 bits per heavy atom. The maximum Gasteiger partial charge on any atom is 0.302 e. The fourth-order valence-electron chi connectivity index (χ4n) is 1.74. The first kappa shape index (κ1) is 14.7. The molecule has 0 radical (unpaired) electrons. The van der Waals surface area contributed by atoms with Crippen molar-refractivity contribution in [1.29, 1.82) is 0 Å². The summed E-state index contributed by atoms with van der Waals surface area (Å²) >= 11 is 0. The van der Waals surface area contributed by atoms with E-state index < -0.39 is 0 Å². The first-order valence-corrected chi connectivity index (χ1v) is 6.47. The SMILES string of the molecule is CC(=O)OC(C)CCCCOCc1ccccc1. The van der Waals surface area contributed by atoms with Crippen LogP contribution in [0, 0.1) is 0 Å². The summed E-state index contributed by atoms with van der Waals surface area (Å²) in [5.41, 5.74) is 1.20. The van der Waals surface area contributed by atoms with Crippen LogP contribution in [-0.2, 0) is 20.9 Å². The lowest BCUT2D eigenvalue weighted by molar-refractivity contribution is -0.145. The Morgan fingerprint density at radius 2 is 1.94 bits per heavy atom. The van der Waals surface area contributed by atoms with Crippen LogP contribution in [0.5, 0.6) is 0 Å². The van der Waals surface area contributed by atoms with Crippen LogP contribution in [-0.4, -0.2) is 18.7 Å². The van der Waals surface area contributed by atoms with Gasteiger partial charge in [-0.05, 0) is 31.7 Å². The molecule has 0 aromatic heterocycles. The summed E-state index contributed by atoms with van der Waals surface area (Å²) in [6.07, 6.45) is 2.92. The molecule has 1 unspecified atom stereocenters. The van der Waals surface area contributed by atoms with Crippen LogP contribution < -0.4 is 0 Å². The van der Waals surface area contributed by atoms with Crippen molar-refractivity contribution in [2.45, 2.75) is 45.8 Å². The van der Waals surface area contributed by atoms with Gasteiger partial charge in [-0.2, -0.15) is 0 Å². The third-order valence-electron chi connectivity index (χ3n) is 2.63. The van der Waals surface area contributed by atoms with Gasteiger partial charge in [0.15, 0.2) is 0 Å². The molecule has 18 heavy (non-hydrogen) atoms. The lowest BCUT2D eigenvalue weighted by Crippen LogP contribution is -2.12. The van der Waals surface area contributed by atoms with Crippen molar-refractivity contribution in [1.82, 2.24) is 0 Å². The maximum atomic E-state index is 10.7. The predicted molar refractivity (Wildman–Crippen MR) is 71.2 cm³/mol. The van der Waals surface area contributed by atoms with Crippen molar-refractivity contribution in [3.05, 3.63) is 35.9 Å². The van der Waals surface area contributed by atoms with Gasteiger partial charge in [-0.25, -0.2) is 0 Å². The highest BCUT2D eigenvalue weighted by molar-refractivity contribution is 5.66. The molecule has 1 aromatic carbocycles. The number of esters is 1. The Balaban J connectivity index is 1.97. The molecular weight excluding hydrogens is 228 g/mol. The van der Waals surface area contributed by atoms with Crippen LogP contribution in [0.25, 0.3) is 0 Å². The molecule has 3 heteroatoms. The maximum absolute atomic E-state index is 10.7. The van der Waals surface area contributed by atoms with Crippen molar-refractivity contribution in [2.24, 2.45) is 0 Å². The molecule has 0 aliphatic rings. The summed E-state index contributed by atoms with van der Waals surface area (Å²) in [5, 5.41) is 0. The van der Waals surface area contributed by atoms with Crippen molar-refractivity contribution in [2.75, 3.05) is 6.61 Å². The number of carbonyl (C=O) groups is 1. The molecule has 1 rings (SSSR count). The highest BCUT2D eigenvalue weighted by Crippen LogP contribution is 2.06. The van der Waals surface area contributed by atoms with Crippen LogP contribution in [0.3, 0.4) is 0 Å². The van der Waals surface area contributed by atoms with Crippen molar-refractivity contribution >= 4 is 5.97 Å². The molecule has 100 valence electrons. The Bertz CT molecular complexity index is 335. The van der Waals surface area contributed by atoms with E-state index in [0.717, 1.165) is 25.9 Å². The average molecular weight is 250 g/mol. The molecule has 3 nitrogen and oxygen atoms in total. The van der Waals surface area contributed by atoms with E-state index in [2.05, 4.69) is 12.1 Å². The molecule has 0 aliphatic carbocycles. The molecule has 0 heterocycles. The second-order valence-corrected chi connectivity index (χ2v) is 4.45. The number of hydrogen-bond donors (Lipinski definition) is 0. The molecule has 0 saturated carbocycles. The minimum absolute atomic E-state index is 0.0108. The predicted octanol–water partition coefficient (Wildman–Crippen LogP) is 3.33. The van der Waals surface area contributed by atoms with Crippen LogP contribution in [0.2, 0.25) is 0 Å². The molecule has 0 amide bonds. The molecule has 0 bridgehead atoms. The highest BCUT2D eigenvalue weighted by Gasteiger charge is 2.04. The fourth-order valence-corrected chi connectivity index (χ4v) is 1.74. The van der Waals surface area contributed by atoms with E-state index in [4.69, 9.17) is 9.47 Å². The smallest absolute Gasteiger partial charge is 0.302 e. The van der Waals surface area contributed by atoms with Gasteiger partial charge in [-0.1, -0.05) is 30.3 Å². The molecule has 0 saturated heterocycles. The number of hydrogen-bond acceptors (Lipinski definition) is 3. The van der Waals surface area contributed by atoms with E-state index in [0.29, 0.717) is 6.61 Å². The lowest BCUT2D eigenvalue weighted by Gasteiger charge is -2.11. The van der Waals surface area contributed by atoms with Gasteiger partial charge in [0.2, 0.25) is 0 Å². The molecular formula is C15H22O3. The van der Waals surface area contributed by atoms with Crippen LogP contribution >= 0.6 is 0 Å². The molecule has 1 atom stereocenters. The average Bonchev–Trinajstić information content (AvgIpc) is 2.34. The third-order valence-corrected chi connectivity index (χ3v) is 2.63. The van der Waals surface area contributed by atoms with Crippen molar-refractivity contribution in [3.8, 4) is 0 Å². The monoisotopic (exact) mass is 250 g/mol. The standard InChI is InChI=1S/C15H22O3/c1-13(18-14(2)16)8-6-7-11-17-12-15-9-4-3-5-10-15/h3-5,9-10,13H,6-8,11-12H2,1-2H3. The quantitative estimate of drug-likeness (QED) is 0.524. The first-order valence-electron chi connectivity index (χ1n) is 6.47. The van der Waals surface area contributed by atoms with E-state index in [1.54, 1.807) is 0 Å². The number of rotatable bonds is 8. The Hall–Kier alpha value is -1.35. The van der Waals surface area contributed by atoms with Gasteiger partial charge in [0.1, 0.15) is 0 Å². The normalized spacial score (nSPS) is 12.1. The Kier molecular flexibility index (Phi) is 7.11. The van der Waals surface area contributed by atoms with Gasteiger partial charge in [0.25, 0.3) is 0 Å². The summed E-state index contributed by atoms with van der Waals surface area (Å²) in [4.78, 5) is 10.7. The Labute approximate surface area is 109 Å². The minimum atomic E-state index is -0.206. The van der Waals surface area contributed by atoms with Crippen LogP contribution in [0.15, 0.2) is 30.3 Å². The first-order chi connectivity index (χ1) is 8.68. The van der Waals surface area contributed by atoms with Crippen LogP contribution in [0.1, 0.15) is 38.7 Å². The number of unbranched alkanes of at least 4 members (excludes halogenated alkanes) is 1. The summed E-state index contributed by atoms with van der Waals surface area (Å²) in [6, 6.07) is 10.1. The summed E-state index contributed by atoms with van der Waals surface area (Å²) in [5.74, 6) is -0.206. The second kappa shape index (κ2) is 8.70. The van der Waals surface area contributed by atoms with Crippen LogP contribution in [0.4, 0.5) is 0 Å². The lowest BCUT2D eigenvalue weighted by atomic mass is 10.2. The van der Waals surface area contributed by atoms with Gasteiger partial charge in [0.05, 0.1) is 12.7 Å². The topological polar surface area (TPSA) is 35.5 Å². The molecule has 0 spiro atoms. The fraction of sp³-hybridized carbons (Fsp3) is 0.533. The van der Waals surface area contributed by atoms with Crippen molar-refractivity contribution in [3.63, 3.8) is 0 Å². The van der Waals surface area contributed by atoms with E-state index in [1.165, 1.54) is 12.5 Å². The molecule has 0 N–H and O–H groups in total. The van der Waals surface area contributed by atoms with E-state index in [1.807, 2.05) is 25.1 Å². The van der Waals surface area contributed by atoms with Crippen molar-refractivity contribution < 1.29 is 14.3 Å². The second-order valence-electron chi connectivity index (χ2n) is 4.45. The van der Waals surface area contributed by atoms with E-state index >= 15 is 0 Å². The minimum Gasteiger partial charge on any atom is -0.463 e. The largest absolute Gasteiger partial charge is 0.463 e. The van der Waals surface area contributed by atoms with E-state index in [-0.39, 0.29) is 12.1 Å². The third kappa shape index (κ3) is 7.07. The van der Waals surface area contributed by atoms with Gasteiger partial charge in [0, 0.05) is 13.5 Å². The van der Waals surface area contributed by atoms with Gasteiger partial charge in [-0.15, -0.1) is 0 Å². The number of carbonyl (C=O) groups excluding carboxylic acids is 1. The summed E-state index contributed by atoms with van der Waals surface area (Å²) in [7, 11) is 0. The summed E-state index contributed by atoms with van der Waals surface area (Å²) < 4.78 is 10.6. The number of benzene rings is 1. The molecule has 0 fully saturated rings. The zero-order valence-electron chi connectivity index (χ0n) is 11.2. The van der Waals surface area contributed by atoms with E-state index in [9.17, 15) is 4.79 Å². The van der Waals surface area contributed by atoms with Gasteiger partial charge in [-0.3, -0.25) is 4.79 Å². The van der Waals surface area contributed by atoms with Gasteiger partial charge < -0.3 is 9.47 Å². The Morgan fingerprint density at radius 3 is 2.61 bits per heavy atom. The summed E-state index contributed by atoms with van der Waals surface area (Å²) in [6.45, 7) is 4.79. The molecule has 0 aliphatic heterocycles. The zero-order chi connectivity index (χ0) is 13.2. The highest BCUT2D eigenvalue weighted by atomic mass is 16.5. The zero-order valence-corrected chi connectivity index (χ0v) is 11.2.